The standard InChI is InChI=1S/C21H18N8O8S3/c22-16-13-17(24-6-23-16)29(7-25-13)21-15(32)14(31)11(37-21)4-36-40(34,35)28-18(33)10-5-38-19(27-10)20-26-9-2-1-8(30)3-12(9)39-20/h1-3,5-7,11,14-15,21,30-32H,4H2,(H,28,33)(H2,22,23,24)/t11-,14-,15-,21-/m1/s1. The molecule has 16 nitrogen and oxygen atoms in total. The Morgan fingerprint density at radius 2 is 2.00 bits per heavy atom. The summed E-state index contributed by atoms with van der Waals surface area (Å²) in [5, 5.41) is 32.8. The van der Waals surface area contributed by atoms with Crippen LogP contribution in [0, 0.1) is 0 Å². The van der Waals surface area contributed by atoms with Gasteiger partial charge < -0.3 is 25.8 Å². The summed E-state index contributed by atoms with van der Waals surface area (Å²) in [5.41, 5.74) is 6.71. The maximum atomic E-state index is 12.6. The number of aromatic hydroxyl groups is 1. The Morgan fingerprint density at radius 3 is 2.83 bits per heavy atom. The van der Waals surface area contributed by atoms with E-state index in [0.717, 1.165) is 16.0 Å². The lowest BCUT2D eigenvalue weighted by atomic mass is 10.1. The summed E-state index contributed by atoms with van der Waals surface area (Å²) in [5.74, 6) is -0.858. The summed E-state index contributed by atoms with van der Waals surface area (Å²) in [7, 11) is -4.65. The number of carbonyl (C=O) groups is 1. The number of thiazole rings is 2. The smallest absolute Gasteiger partial charge is 0.362 e. The summed E-state index contributed by atoms with van der Waals surface area (Å²) >= 11 is 2.33. The quantitative estimate of drug-likeness (QED) is 0.166. The Bertz CT molecular complexity index is 1850. The molecule has 0 aliphatic carbocycles. The second kappa shape index (κ2) is 9.96. The second-order valence-electron chi connectivity index (χ2n) is 8.51. The largest absolute Gasteiger partial charge is 0.508 e. The number of nitrogens with one attached hydrogen (secondary N) is 1. The predicted molar refractivity (Wildman–Crippen MR) is 140 cm³/mol. The number of imidazole rings is 1. The van der Waals surface area contributed by atoms with Gasteiger partial charge in [0.05, 0.1) is 23.2 Å². The highest BCUT2D eigenvalue weighted by atomic mass is 32.2. The molecule has 1 aliphatic heterocycles. The van der Waals surface area contributed by atoms with Gasteiger partial charge >= 0.3 is 10.3 Å². The zero-order chi connectivity index (χ0) is 28.2. The Labute approximate surface area is 232 Å². The van der Waals surface area contributed by atoms with Crippen LogP contribution in [0.15, 0.2) is 36.2 Å². The molecule has 1 aromatic carbocycles. The lowest BCUT2D eigenvalue weighted by Crippen LogP contribution is -2.37. The molecule has 208 valence electrons. The highest BCUT2D eigenvalue weighted by molar-refractivity contribution is 7.85. The molecule has 5 heterocycles. The average Bonchev–Trinajstić information content (AvgIpc) is 3.69. The van der Waals surface area contributed by atoms with Crippen LogP contribution in [0.2, 0.25) is 0 Å². The summed E-state index contributed by atoms with van der Waals surface area (Å²) in [6.07, 6.45) is -3.01. The molecular weight excluding hydrogens is 588 g/mol. The van der Waals surface area contributed by atoms with Gasteiger partial charge in [0.25, 0.3) is 5.91 Å². The molecule has 0 bridgehead atoms. The number of aliphatic hydroxyl groups excluding tert-OH is 2. The van der Waals surface area contributed by atoms with Crippen molar-refractivity contribution in [3.63, 3.8) is 0 Å². The third-order valence-electron chi connectivity index (χ3n) is 5.90. The molecule has 5 aromatic rings. The van der Waals surface area contributed by atoms with Gasteiger partial charge in [-0.15, -0.1) is 22.7 Å². The molecular formula is C21H18N8O8S3. The van der Waals surface area contributed by atoms with E-state index in [-0.39, 0.29) is 28.4 Å². The normalized spacial score (nSPS) is 21.4. The molecule has 1 fully saturated rings. The molecule has 0 unspecified atom stereocenters. The molecule has 4 atom stereocenters. The van der Waals surface area contributed by atoms with Crippen LogP contribution < -0.4 is 10.5 Å². The minimum absolute atomic E-state index is 0.0858. The third-order valence-corrected chi connectivity index (χ3v) is 8.78. The van der Waals surface area contributed by atoms with E-state index in [0.29, 0.717) is 15.5 Å². The number of phenolic OH excluding ortho intramolecular Hbond substituents is 1. The Kier molecular flexibility index (Phi) is 6.57. The zero-order valence-electron chi connectivity index (χ0n) is 19.8. The van der Waals surface area contributed by atoms with Crippen molar-refractivity contribution < 1.29 is 37.5 Å². The fourth-order valence-corrected chi connectivity index (χ4v) is 6.52. The molecule has 6 rings (SSSR count). The lowest BCUT2D eigenvalue weighted by Gasteiger charge is -2.16. The van der Waals surface area contributed by atoms with Crippen LogP contribution in [0.5, 0.6) is 5.75 Å². The predicted octanol–water partition coefficient (Wildman–Crippen LogP) is 0.158. The van der Waals surface area contributed by atoms with Gasteiger partial charge in [0, 0.05) is 5.38 Å². The van der Waals surface area contributed by atoms with Crippen LogP contribution in [0.4, 0.5) is 5.82 Å². The first-order valence-electron chi connectivity index (χ1n) is 11.3. The van der Waals surface area contributed by atoms with Crippen LogP contribution in [0.3, 0.4) is 0 Å². The summed E-state index contributed by atoms with van der Waals surface area (Å²) in [4.78, 5) is 33.1. The number of phenols is 1. The Morgan fingerprint density at radius 1 is 1.18 bits per heavy atom. The van der Waals surface area contributed by atoms with Crippen molar-refractivity contribution in [1.29, 1.82) is 0 Å². The van der Waals surface area contributed by atoms with Gasteiger partial charge in [0.1, 0.15) is 41.6 Å². The molecule has 4 aromatic heterocycles. The van der Waals surface area contributed by atoms with Crippen LogP contribution in [0.25, 0.3) is 31.4 Å². The highest BCUT2D eigenvalue weighted by Gasteiger charge is 2.45. The van der Waals surface area contributed by atoms with Crippen molar-refractivity contribution in [2.75, 3.05) is 12.3 Å². The number of amides is 1. The SMILES string of the molecule is Nc1ncnc2c1ncn2[C@@H]1O[C@H](COS(=O)(=O)NC(=O)c2csc(-c3nc4ccc(O)cc4s3)n2)[C@@H](O)[C@H]1O. The van der Waals surface area contributed by atoms with E-state index in [9.17, 15) is 28.5 Å². The van der Waals surface area contributed by atoms with Gasteiger partial charge in [-0.25, -0.2) is 29.6 Å². The van der Waals surface area contributed by atoms with Crippen molar-refractivity contribution in [3.8, 4) is 15.8 Å². The maximum Gasteiger partial charge on any atom is 0.362 e. The summed E-state index contributed by atoms with van der Waals surface area (Å²) in [6, 6.07) is 4.69. The molecule has 1 saturated heterocycles. The van der Waals surface area contributed by atoms with E-state index in [1.54, 1.807) is 16.9 Å². The molecule has 1 amide bonds. The molecule has 6 N–H and O–H groups in total. The Hall–Kier alpha value is -3.85. The number of nitrogen functional groups attached to an aromatic ring is 1. The first-order chi connectivity index (χ1) is 19.1. The van der Waals surface area contributed by atoms with Crippen molar-refractivity contribution in [2.45, 2.75) is 24.5 Å². The average molecular weight is 607 g/mol. The number of anilines is 1. The first kappa shape index (κ1) is 26.4. The van der Waals surface area contributed by atoms with E-state index in [1.807, 2.05) is 0 Å². The van der Waals surface area contributed by atoms with Crippen LogP contribution in [-0.4, -0.2) is 84.1 Å². The molecule has 0 radical (unpaired) electrons. The minimum Gasteiger partial charge on any atom is -0.508 e. The number of aliphatic hydroxyl groups is 2. The van der Waals surface area contributed by atoms with E-state index < -0.39 is 47.4 Å². The number of carbonyl (C=O) groups excluding carboxylic acids is 1. The lowest BCUT2D eigenvalue weighted by molar-refractivity contribution is -0.0468. The number of nitrogens with zero attached hydrogens (tertiary/aromatic N) is 6. The maximum absolute atomic E-state index is 12.6. The molecule has 19 heteroatoms. The number of benzene rings is 1. The van der Waals surface area contributed by atoms with E-state index in [4.69, 9.17) is 14.7 Å². The molecule has 0 spiro atoms. The summed E-state index contributed by atoms with van der Waals surface area (Å²) in [6.45, 7) is -0.720. The second-order valence-corrected chi connectivity index (χ2v) is 11.7. The molecule has 1 aliphatic rings. The van der Waals surface area contributed by atoms with Crippen LogP contribution in [-0.2, 0) is 19.2 Å². The van der Waals surface area contributed by atoms with Crippen molar-refractivity contribution in [3.05, 3.63) is 41.9 Å². The van der Waals surface area contributed by atoms with Gasteiger partial charge in [-0.2, -0.15) is 8.42 Å². The van der Waals surface area contributed by atoms with E-state index >= 15 is 0 Å². The van der Waals surface area contributed by atoms with Gasteiger partial charge in [-0.1, -0.05) is 0 Å². The number of hydrogen-bond acceptors (Lipinski definition) is 16. The van der Waals surface area contributed by atoms with Gasteiger partial charge in [-0.3, -0.25) is 13.5 Å². The van der Waals surface area contributed by atoms with Crippen LogP contribution in [0.1, 0.15) is 16.7 Å². The van der Waals surface area contributed by atoms with Gasteiger partial charge in [0.15, 0.2) is 27.7 Å². The van der Waals surface area contributed by atoms with E-state index in [2.05, 4.69) is 24.9 Å². The van der Waals surface area contributed by atoms with E-state index in [1.165, 1.54) is 40.0 Å². The number of ether oxygens (including phenoxy) is 1. The highest BCUT2D eigenvalue weighted by Crippen LogP contribution is 2.34. The first-order valence-corrected chi connectivity index (χ1v) is 14.4. The fraction of sp³-hybridized carbons (Fsp3) is 0.238. The number of nitrogens with two attached hydrogens (primary N) is 1. The van der Waals surface area contributed by atoms with Gasteiger partial charge in [0.2, 0.25) is 0 Å². The number of hydrogen-bond donors (Lipinski definition) is 5. The van der Waals surface area contributed by atoms with Crippen molar-refractivity contribution >= 4 is 66.1 Å². The monoisotopic (exact) mass is 606 g/mol. The van der Waals surface area contributed by atoms with Crippen molar-refractivity contribution in [2.24, 2.45) is 0 Å². The van der Waals surface area contributed by atoms with Gasteiger partial charge in [-0.05, 0) is 18.2 Å². The van der Waals surface area contributed by atoms with Crippen LogP contribution >= 0.6 is 22.7 Å². The Balaban J connectivity index is 1.10. The third kappa shape index (κ3) is 4.83. The number of fused-ring (bicyclic) bond motifs is 2. The summed E-state index contributed by atoms with van der Waals surface area (Å²) < 4.78 is 39.2. The van der Waals surface area contributed by atoms with Crippen molar-refractivity contribution in [1.82, 2.24) is 34.2 Å². The zero-order valence-corrected chi connectivity index (χ0v) is 22.3. The topological polar surface area (TPSA) is 238 Å². The number of aromatic nitrogens is 6. The fourth-order valence-electron chi connectivity index (χ4n) is 3.99. The minimum atomic E-state index is -4.65. The molecule has 0 saturated carbocycles. The number of rotatable bonds is 7. The molecule has 40 heavy (non-hydrogen) atoms.